The van der Waals surface area contributed by atoms with Crippen LogP contribution in [0.5, 0.6) is 0 Å². The molecule has 2 aromatic rings. The Labute approximate surface area is 168 Å². The topological polar surface area (TPSA) is 43.9 Å². The number of benzene rings is 2. The van der Waals surface area contributed by atoms with Crippen LogP contribution in [0, 0.1) is 0 Å². The van der Waals surface area contributed by atoms with Gasteiger partial charge >= 0.3 is 0 Å². The first-order chi connectivity index (χ1) is 13.4. The van der Waals surface area contributed by atoms with Gasteiger partial charge in [-0.05, 0) is 73.2 Å². The van der Waals surface area contributed by atoms with E-state index in [1.807, 2.05) is 26.2 Å². The highest BCUT2D eigenvalue weighted by Gasteiger charge is 2.29. The highest BCUT2D eigenvalue weighted by molar-refractivity contribution is 7.89. The summed E-state index contributed by atoms with van der Waals surface area (Å²) in [5.74, 6) is 0. The molecule has 1 heterocycles. The molecule has 1 aliphatic carbocycles. The van der Waals surface area contributed by atoms with Crippen molar-refractivity contribution < 1.29 is 8.42 Å². The van der Waals surface area contributed by atoms with E-state index in [0.29, 0.717) is 31.1 Å². The van der Waals surface area contributed by atoms with Crippen LogP contribution in [0.2, 0.25) is 0 Å². The number of piperazine rings is 1. The van der Waals surface area contributed by atoms with Gasteiger partial charge in [-0.25, -0.2) is 8.42 Å². The molecule has 2 aromatic carbocycles. The Balaban J connectivity index is 1.45. The third kappa shape index (κ3) is 3.76. The Morgan fingerprint density at radius 1 is 0.821 bits per heavy atom. The number of rotatable bonds is 4. The van der Waals surface area contributed by atoms with Gasteiger partial charge in [-0.15, -0.1) is 0 Å². The molecule has 28 heavy (non-hydrogen) atoms. The van der Waals surface area contributed by atoms with Gasteiger partial charge in [-0.3, -0.25) is 0 Å². The minimum atomic E-state index is -3.42. The van der Waals surface area contributed by atoms with Crippen molar-refractivity contribution in [3.05, 3.63) is 53.6 Å². The molecule has 0 saturated carbocycles. The molecule has 1 aliphatic heterocycles. The molecule has 6 heteroatoms. The third-order valence-electron chi connectivity index (χ3n) is 5.93. The van der Waals surface area contributed by atoms with Gasteiger partial charge in [-0.1, -0.05) is 6.07 Å². The van der Waals surface area contributed by atoms with Crippen LogP contribution >= 0.6 is 0 Å². The summed E-state index contributed by atoms with van der Waals surface area (Å²) in [5.41, 5.74) is 4.84. The van der Waals surface area contributed by atoms with Crippen LogP contribution in [-0.4, -0.2) is 53.0 Å². The van der Waals surface area contributed by atoms with Gasteiger partial charge in [0.2, 0.25) is 10.0 Å². The highest BCUT2D eigenvalue weighted by atomic mass is 32.2. The molecule has 1 saturated heterocycles. The van der Waals surface area contributed by atoms with Gasteiger partial charge in [-0.2, -0.15) is 4.31 Å². The summed E-state index contributed by atoms with van der Waals surface area (Å²) in [7, 11) is 0.635. The normalized spacial score (nSPS) is 18.0. The van der Waals surface area contributed by atoms with Crippen molar-refractivity contribution in [3.8, 4) is 0 Å². The molecule has 150 valence electrons. The van der Waals surface area contributed by atoms with Gasteiger partial charge in [0.25, 0.3) is 0 Å². The lowest BCUT2D eigenvalue weighted by atomic mass is 9.92. The average Bonchev–Trinajstić information content (AvgIpc) is 2.73. The Kier molecular flexibility index (Phi) is 5.34. The van der Waals surface area contributed by atoms with E-state index >= 15 is 0 Å². The van der Waals surface area contributed by atoms with Crippen LogP contribution in [0.25, 0.3) is 0 Å². The van der Waals surface area contributed by atoms with E-state index < -0.39 is 10.0 Å². The maximum atomic E-state index is 13.1. The quantitative estimate of drug-likeness (QED) is 0.792. The van der Waals surface area contributed by atoms with Crippen molar-refractivity contribution in [2.24, 2.45) is 0 Å². The summed E-state index contributed by atoms with van der Waals surface area (Å²) in [6.07, 6.45) is 4.43. The third-order valence-corrected chi connectivity index (χ3v) is 7.82. The van der Waals surface area contributed by atoms with Crippen molar-refractivity contribution in [3.63, 3.8) is 0 Å². The second-order valence-corrected chi connectivity index (χ2v) is 9.88. The summed E-state index contributed by atoms with van der Waals surface area (Å²) < 4.78 is 27.9. The van der Waals surface area contributed by atoms with Crippen LogP contribution in [-0.2, 0) is 22.9 Å². The molecule has 0 atom stereocenters. The Hall–Kier alpha value is -2.05. The minimum Gasteiger partial charge on any atom is -0.378 e. The SMILES string of the molecule is CN(C)c1ccc(N2CCN(S(=O)(=O)c3ccc4c(c3)CCCC4)CC2)cc1. The number of nitrogens with zero attached hydrogens (tertiary/aromatic N) is 3. The highest BCUT2D eigenvalue weighted by Crippen LogP contribution is 2.27. The number of anilines is 2. The molecule has 0 amide bonds. The van der Waals surface area contributed by atoms with Gasteiger partial charge < -0.3 is 9.80 Å². The molecule has 5 nitrogen and oxygen atoms in total. The van der Waals surface area contributed by atoms with E-state index in [1.54, 1.807) is 10.4 Å². The Morgan fingerprint density at radius 3 is 2.11 bits per heavy atom. The van der Waals surface area contributed by atoms with E-state index in [-0.39, 0.29) is 0 Å². The number of hydrogen-bond acceptors (Lipinski definition) is 4. The number of fused-ring (bicyclic) bond motifs is 1. The fraction of sp³-hybridized carbons (Fsp3) is 0.455. The van der Waals surface area contributed by atoms with E-state index in [2.05, 4.69) is 34.1 Å². The number of sulfonamides is 1. The molecule has 2 aliphatic rings. The van der Waals surface area contributed by atoms with Gasteiger partial charge in [0.15, 0.2) is 0 Å². The van der Waals surface area contributed by atoms with Crippen molar-refractivity contribution in [2.75, 3.05) is 50.1 Å². The fourth-order valence-corrected chi connectivity index (χ4v) is 5.64. The molecular weight excluding hydrogens is 370 g/mol. The fourth-order valence-electron chi connectivity index (χ4n) is 4.17. The van der Waals surface area contributed by atoms with Gasteiger partial charge in [0.1, 0.15) is 0 Å². The second-order valence-electron chi connectivity index (χ2n) is 7.94. The van der Waals surface area contributed by atoms with Gasteiger partial charge in [0.05, 0.1) is 4.90 Å². The predicted octanol–water partition coefficient (Wildman–Crippen LogP) is 3.14. The first-order valence-corrected chi connectivity index (χ1v) is 11.5. The summed E-state index contributed by atoms with van der Waals surface area (Å²) >= 11 is 0. The maximum absolute atomic E-state index is 13.1. The van der Waals surface area contributed by atoms with Gasteiger partial charge in [0, 0.05) is 51.6 Å². The molecule has 0 N–H and O–H groups in total. The lowest BCUT2D eigenvalue weighted by Gasteiger charge is -2.35. The van der Waals surface area contributed by atoms with Crippen LogP contribution < -0.4 is 9.80 Å². The monoisotopic (exact) mass is 399 g/mol. The average molecular weight is 400 g/mol. The smallest absolute Gasteiger partial charge is 0.243 e. The molecular formula is C22H29N3O2S. The first kappa shape index (κ1) is 19.3. The molecule has 0 spiro atoms. The van der Waals surface area contributed by atoms with Crippen LogP contribution in [0.1, 0.15) is 24.0 Å². The standard InChI is InChI=1S/C22H29N3O2S/c1-23(2)20-8-10-21(11-9-20)24-13-15-25(16-14-24)28(26,27)22-12-7-18-5-3-4-6-19(18)17-22/h7-12,17H,3-6,13-16H2,1-2H3. The molecule has 1 fully saturated rings. The Morgan fingerprint density at radius 2 is 1.46 bits per heavy atom. The molecule has 0 unspecified atom stereocenters. The molecule has 0 radical (unpaired) electrons. The van der Waals surface area contributed by atoms with Crippen molar-refractivity contribution in [1.82, 2.24) is 4.31 Å². The van der Waals surface area contributed by atoms with E-state index in [9.17, 15) is 8.42 Å². The molecule has 0 aromatic heterocycles. The summed E-state index contributed by atoms with van der Waals surface area (Å²) in [5, 5.41) is 0. The lowest BCUT2D eigenvalue weighted by molar-refractivity contribution is 0.385. The molecule has 0 bridgehead atoms. The lowest BCUT2D eigenvalue weighted by Crippen LogP contribution is -2.48. The van der Waals surface area contributed by atoms with Crippen LogP contribution in [0.3, 0.4) is 0 Å². The zero-order valence-electron chi connectivity index (χ0n) is 16.8. The van der Waals surface area contributed by atoms with Crippen LogP contribution in [0.15, 0.2) is 47.4 Å². The zero-order valence-corrected chi connectivity index (χ0v) is 17.6. The van der Waals surface area contributed by atoms with E-state index in [0.717, 1.165) is 30.6 Å². The van der Waals surface area contributed by atoms with Crippen molar-refractivity contribution in [1.29, 1.82) is 0 Å². The summed E-state index contributed by atoms with van der Waals surface area (Å²) in [6.45, 7) is 2.47. The van der Waals surface area contributed by atoms with E-state index in [4.69, 9.17) is 0 Å². The Bertz CT molecular complexity index is 931. The zero-order chi connectivity index (χ0) is 19.7. The summed E-state index contributed by atoms with van der Waals surface area (Å²) in [6, 6.07) is 14.2. The predicted molar refractivity (Wildman–Crippen MR) is 115 cm³/mol. The van der Waals surface area contributed by atoms with Crippen molar-refractivity contribution >= 4 is 21.4 Å². The maximum Gasteiger partial charge on any atom is 0.243 e. The second kappa shape index (κ2) is 7.76. The van der Waals surface area contributed by atoms with Crippen molar-refractivity contribution in [2.45, 2.75) is 30.6 Å². The minimum absolute atomic E-state index is 0.455. The largest absolute Gasteiger partial charge is 0.378 e. The van der Waals surface area contributed by atoms with E-state index in [1.165, 1.54) is 17.5 Å². The number of hydrogen-bond donors (Lipinski definition) is 0. The number of aryl methyl sites for hydroxylation is 2. The summed E-state index contributed by atoms with van der Waals surface area (Å²) in [4.78, 5) is 4.79. The van der Waals surface area contributed by atoms with Crippen LogP contribution in [0.4, 0.5) is 11.4 Å². The molecule has 4 rings (SSSR count). The first-order valence-electron chi connectivity index (χ1n) is 10.1.